The van der Waals surface area contributed by atoms with E-state index in [-0.39, 0.29) is 23.5 Å². The van der Waals surface area contributed by atoms with Crippen molar-refractivity contribution in [2.75, 3.05) is 6.61 Å². The van der Waals surface area contributed by atoms with Crippen LogP contribution in [0.5, 0.6) is 0 Å². The Hall–Kier alpha value is -2.05. The first-order valence-electron chi connectivity index (χ1n) is 10.5. The lowest BCUT2D eigenvalue weighted by Gasteiger charge is -2.43. The summed E-state index contributed by atoms with van der Waals surface area (Å²) in [5.41, 5.74) is 0. The summed E-state index contributed by atoms with van der Waals surface area (Å²) in [6, 6.07) is 20.8. The van der Waals surface area contributed by atoms with Crippen LogP contribution in [0.25, 0.3) is 0 Å². The van der Waals surface area contributed by atoms with Gasteiger partial charge in [0.2, 0.25) is 0 Å². The highest BCUT2D eigenvalue weighted by Crippen LogP contribution is 2.37. The molecule has 2 atom stereocenters. The average molecular weight is 425 g/mol. The molecule has 0 amide bonds. The van der Waals surface area contributed by atoms with Crippen molar-refractivity contribution in [3.63, 3.8) is 0 Å². The van der Waals surface area contributed by atoms with Gasteiger partial charge in [-0.1, -0.05) is 81.4 Å². The van der Waals surface area contributed by atoms with Crippen molar-refractivity contribution in [3.8, 4) is 0 Å². The minimum absolute atomic E-state index is 0.00565. The van der Waals surface area contributed by atoms with Crippen LogP contribution >= 0.6 is 0 Å². The largest absolute Gasteiger partial charge is 0.404 e. The highest BCUT2D eigenvalue weighted by molar-refractivity contribution is 6.99. The van der Waals surface area contributed by atoms with Crippen LogP contribution in [-0.4, -0.2) is 39.2 Å². The number of ketones is 1. The first-order valence-corrected chi connectivity index (χ1v) is 12.4. The van der Waals surface area contributed by atoms with Gasteiger partial charge in [0.1, 0.15) is 6.10 Å². The molecular formula is C25H32O4Si. The minimum atomic E-state index is -2.71. The fourth-order valence-corrected chi connectivity index (χ4v) is 8.54. The number of benzene rings is 2. The molecule has 30 heavy (non-hydrogen) atoms. The van der Waals surface area contributed by atoms with E-state index in [1.165, 1.54) is 10.4 Å². The van der Waals surface area contributed by atoms with Gasteiger partial charge in [0.25, 0.3) is 8.32 Å². The average Bonchev–Trinajstić information content (AvgIpc) is 2.71. The summed E-state index contributed by atoms with van der Waals surface area (Å²) in [5.74, 6) is -0.0865. The van der Waals surface area contributed by atoms with Gasteiger partial charge < -0.3 is 13.9 Å². The van der Waals surface area contributed by atoms with Crippen molar-refractivity contribution in [2.24, 2.45) is 0 Å². The summed E-state index contributed by atoms with van der Waals surface area (Å²) >= 11 is 0. The molecule has 160 valence electrons. The summed E-state index contributed by atoms with van der Waals surface area (Å²) in [6.45, 7) is 10.7. The molecule has 4 nitrogen and oxygen atoms in total. The van der Waals surface area contributed by atoms with E-state index in [0.717, 1.165) is 0 Å². The van der Waals surface area contributed by atoms with Crippen LogP contribution in [0.3, 0.4) is 0 Å². The lowest BCUT2D eigenvalue weighted by molar-refractivity contribution is -0.178. The van der Waals surface area contributed by atoms with Gasteiger partial charge in [-0.15, -0.1) is 0 Å². The highest BCUT2D eigenvalue weighted by atomic mass is 28.4. The van der Waals surface area contributed by atoms with Gasteiger partial charge in [0, 0.05) is 0 Å². The number of hydrogen-bond acceptors (Lipinski definition) is 4. The van der Waals surface area contributed by atoms with Crippen LogP contribution in [-0.2, 0) is 18.7 Å². The van der Waals surface area contributed by atoms with E-state index < -0.39 is 20.7 Å². The van der Waals surface area contributed by atoms with E-state index in [0.29, 0.717) is 0 Å². The maximum atomic E-state index is 12.5. The van der Waals surface area contributed by atoms with E-state index in [1.807, 2.05) is 50.2 Å². The van der Waals surface area contributed by atoms with Gasteiger partial charge in [-0.3, -0.25) is 4.79 Å². The molecule has 2 aromatic rings. The molecule has 0 aliphatic carbocycles. The summed E-state index contributed by atoms with van der Waals surface area (Å²) < 4.78 is 18.5. The van der Waals surface area contributed by atoms with Crippen molar-refractivity contribution in [1.82, 2.24) is 0 Å². The Morgan fingerprint density at radius 2 is 1.50 bits per heavy atom. The van der Waals surface area contributed by atoms with Gasteiger partial charge >= 0.3 is 0 Å². The van der Waals surface area contributed by atoms with Crippen molar-refractivity contribution >= 4 is 24.5 Å². The molecule has 1 heterocycles. The first kappa shape index (κ1) is 22.6. The molecule has 0 fully saturated rings. The molecular weight excluding hydrogens is 392 g/mol. The summed E-state index contributed by atoms with van der Waals surface area (Å²) in [5, 5.41) is 2.20. The number of rotatable bonds is 7. The standard InChI is InChI=1S/C25H32O4Si/c1-19(2)28-24-17-16-22(26)23(29-24)18-27-30(25(3,4)5,20-12-8-6-9-13-20)21-14-10-7-11-15-21/h6-17,19,23-24H,18H2,1-5H3/t23-,24+/m1/s1. The molecule has 0 N–H and O–H groups in total. The molecule has 5 heteroatoms. The molecule has 0 aromatic heterocycles. The van der Waals surface area contributed by atoms with Gasteiger partial charge in [-0.2, -0.15) is 0 Å². The maximum Gasteiger partial charge on any atom is 0.261 e. The Balaban J connectivity index is 1.96. The van der Waals surface area contributed by atoms with Crippen LogP contribution in [0, 0.1) is 0 Å². The zero-order valence-electron chi connectivity index (χ0n) is 18.5. The third kappa shape index (κ3) is 4.81. The third-order valence-corrected chi connectivity index (χ3v) is 10.3. The molecule has 0 radical (unpaired) electrons. The zero-order chi connectivity index (χ0) is 21.8. The molecule has 0 bridgehead atoms. The number of carbonyl (C=O) groups is 1. The number of carbonyl (C=O) groups excluding carboxylic acids is 1. The lowest BCUT2D eigenvalue weighted by Crippen LogP contribution is -2.67. The minimum Gasteiger partial charge on any atom is -0.404 e. The predicted molar refractivity (Wildman–Crippen MR) is 123 cm³/mol. The summed E-state index contributed by atoms with van der Waals surface area (Å²) in [6.07, 6.45) is 2.01. The Kier molecular flexibility index (Phi) is 7.09. The molecule has 1 aliphatic heterocycles. The Labute approximate surface area is 181 Å². The first-order chi connectivity index (χ1) is 14.2. The van der Waals surface area contributed by atoms with Crippen molar-refractivity contribution in [1.29, 1.82) is 0 Å². The van der Waals surface area contributed by atoms with Crippen LogP contribution < -0.4 is 10.4 Å². The predicted octanol–water partition coefficient (Wildman–Crippen LogP) is 3.84. The van der Waals surface area contributed by atoms with Crippen LogP contribution in [0.4, 0.5) is 0 Å². The normalized spacial score (nSPS) is 20.0. The molecule has 2 aromatic carbocycles. The van der Waals surface area contributed by atoms with Gasteiger partial charge in [-0.25, -0.2) is 0 Å². The van der Waals surface area contributed by atoms with E-state index in [1.54, 1.807) is 12.2 Å². The number of hydrogen-bond donors (Lipinski definition) is 0. The quantitative estimate of drug-likeness (QED) is 0.634. The van der Waals surface area contributed by atoms with Crippen molar-refractivity contribution in [2.45, 2.75) is 58.2 Å². The van der Waals surface area contributed by atoms with E-state index in [9.17, 15) is 4.79 Å². The van der Waals surface area contributed by atoms with E-state index in [2.05, 4.69) is 45.0 Å². The second kappa shape index (κ2) is 9.39. The molecule has 0 saturated carbocycles. The van der Waals surface area contributed by atoms with Crippen molar-refractivity contribution < 1.29 is 18.7 Å². The maximum absolute atomic E-state index is 12.5. The second-order valence-electron chi connectivity index (χ2n) is 8.91. The Bertz CT molecular complexity index is 816. The molecule has 0 saturated heterocycles. The third-order valence-electron chi connectivity index (χ3n) is 5.31. The molecule has 1 aliphatic rings. The van der Waals surface area contributed by atoms with Crippen molar-refractivity contribution in [3.05, 3.63) is 72.8 Å². The molecule has 0 spiro atoms. The smallest absolute Gasteiger partial charge is 0.261 e. The Morgan fingerprint density at radius 1 is 0.967 bits per heavy atom. The summed E-state index contributed by atoms with van der Waals surface area (Å²) in [7, 11) is -2.71. The van der Waals surface area contributed by atoms with Crippen LogP contribution in [0.2, 0.25) is 5.04 Å². The van der Waals surface area contributed by atoms with E-state index >= 15 is 0 Å². The monoisotopic (exact) mass is 424 g/mol. The molecule has 3 rings (SSSR count). The fraction of sp³-hybridized carbons (Fsp3) is 0.400. The lowest BCUT2D eigenvalue weighted by atomic mass is 10.2. The highest BCUT2D eigenvalue weighted by Gasteiger charge is 2.50. The zero-order valence-corrected chi connectivity index (χ0v) is 19.5. The SMILES string of the molecule is CC(C)O[C@@H]1C=CC(=O)[C@@H](CO[Si](c2ccccc2)(c2ccccc2)C(C)(C)C)O1. The number of ether oxygens (including phenoxy) is 2. The van der Waals surface area contributed by atoms with Gasteiger partial charge in [0.05, 0.1) is 12.7 Å². The van der Waals surface area contributed by atoms with Gasteiger partial charge in [-0.05, 0) is 41.4 Å². The van der Waals surface area contributed by atoms with E-state index in [4.69, 9.17) is 13.9 Å². The van der Waals surface area contributed by atoms with Crippen LogP contribution in [0.15, 0.2) is 72.8 Å². The Morgan fingerprint density at radius 3 is 1.97 bits per heavy atom. The fourth-order valence-electron chi connectivity index (χ4n) is 3.98. The second-order valence-corrected chi connectivity index (χ2v) is 13.2. The topological polar surface area (TPSA) is 44.8 Å². The van der Waals surface area contributed by atoms with Crippen LogP contribution in [0.1, 0.15) is 34.6 Å². The summed E-state index contributed by atoms with van der Waals surface area (Å²) in [4.78, 5) is 12.5. The van der Waals surface area contributed by atoms with Gasteiger partial charge in [0.15, 0.2) is 12.1 Å². The molecule has 0 unspecified atom stereocenters.